The van der Waals surface area contributed by atoms with Gasteiger partial charge in [-0.1, -0.05) is 0 Å². The first kappa shape index (κ1) is 7.39. The summed E-state index contributed by atoms with van der Waals surface area (Å²) >= 11 is 0. The average molecular weight is 155 g/mol. The molecule has 0 aromatic heterocycles. The summed E-state index contributed by atoms with van der Waals surface area (Å²) < 4.78 is 0. The van der Waals surface area contributed by atoms with Crippen molar-refractivity contribution in [1.82, 2.24) is 10.2 Å². The Balaban J connectivity index is 2.82. The Kier molecular flexibility index (Phi) is 1.67. The van der Waals surface area contributed by atoms with Crippen LogP contribution in [0.25, 0.3) is 0 Å². The number of amides is 4. The smallest absolute Gasteiger partial charge is 0.291 e. The lowest BCUT2D eigenvalue weighted by Crippen LogP contribution is -2.51. The predicted molar refractivity (Wildman–Crippen MR) is 33.8 cm³/mol. The number of nitrogens with zero attached hydrogens (tertiary/aromatic N) is 1. The standard InChI is InChI=1S/C5H5N3O3/c6-2-8-4(10)1-3(9)7-5(8)11/h2,6H,1H2,(H,7,9,11). The SMILES string of the molecule is N=CN1C(=O)CC(=O)NC1=O. The minimum absolute atomic E-state index is 0.374. The number of imide groups is 2. The monoisotopic (exact) mass is 155 g/mol. The van der Waals surface area contributed by atoms with Crippen molar-refractivity contribution < 1.29 is 14.4 Å². The van der Waals surface area contributed by atoms with Gasteiger partial charge < -0.3 is 0 Å². The summed E-state index contributed by atoms with van der Waals surface area (Å²) in [6.07, 6.45) is 0.200. The Morgan fingerprint density at radius 3 is 2.55 bits per heavy atom. The molecule has 11 heavy (non-hydrogen) atoms. The van der Waals surface area contributed by atoms with Gasteiger partial charge in [-0.2, -0.15) is 0 Å². The highest BCUT2D eigenvalue weighted by atomic mass is 16.2. The van der Waals surface area contributed by atoms with Crippen LogP contribution in [-0.4, -0.2) is 29.1 Å². The van der Waals surface area contributed by atoms with Crippen LogP contribution in [0.5, 0.6) is 0 Å². The highest BCUT2D eigenvalue weighted by Gasteiger charge is 2.28. The van der Waals surface area contributed by atoms with Crippen molar-refractivity contribution >= 4 is 24.2 Å². The van der Waals surface area contributed by atoms with Crippen LogP contribution in [0.15, 0.2) is 0 Å². The van der Waals surface area contributed by atoms with Crippen molar-refractivity contribution in [3.63, 3.8) is 0 Å². The van der Waals surface area contributed by atoms with E-state index in [1.165, 1.54) is 0 Å². The summed E-state index contributed by atoms with van der Waals surface area (Å²) in [7, 11) is 0. The van der Waals surface area contributed by atoms with E-state index in [9.17, 15) is 14.4 Å². The highest BCUT2D eigenvalue weighted by Crippen LogP contribution is 1.98. The minimum atomic E-state index is -0.860. The number of carbonyl (C=O) groups excluding carboxylic acids is 3. The lowest BCUT2D eigenvalue weighted by atomic mass is 10.3. The van der Waals surface area contributed by atoms with Gasteiger partial charge in [-0.05, 0) is 0 Å². The lowest BCUT2D eigenvalue weighted by Gasteiger charge is -2.19. The van der Waals surface area contributed by atoms with Gasteiger partial charge in [0.15, 0.2) is 0 Å². The molecule has 0 unspecified atom stereocenters. The van der Waals surface area contributed by atoms with Crippen LogP contribution in [0.1, 0.15) is 6.42 Å². The van der Waals surface area contributed by atoms with Crippen LogP contribution in [-0.2, 0) is 9.59 Å². The molecule has 6 nitrogen and oxygen atoms in total. The van der Waals surface area contributed by atoms with Gasteiger partial charge in [-0.15, -0.1) is 0 Å². The van der Waals surface area contributed by atoms with E-state index in [4.69, 9.17) is 5.41 Å². The summed E-state index contributed by atoms with van der Waals surface area (Å²) in [5.74, 6) is -1.30. The van der Waals surface area contributed by atoms with Crippen LogP contribution >= 0.6 is 0 Å². The second kappa shape index (κ2) is 2.49. The summed E-state index contributed by atoms with van der Waals surface area (Å²) in [5, 5.41) is 8.52. The summed E-state index contributed by atoms with van der Waals surface area (Å²) in [5.41, 5.74) is 0. The topological polar surface area (TPSA) is 90.3 Å². The number of carbonyl (C=O) groups is 3. The van der Waals surface area contributed by atoms with Crippen LogP contribution in [0.3, 0.4) is 0 Å². The molecule has 0 bridgehead atoms. The van der Waals surface area contributed by atoms with Crippen LogP contribution in [0.4, 0.5) is 4.79 Å². The number of rotatable bonds is 1. The molecule has 2 N–H and O–H groups in total. The maximum Gasteiger partial charge on any atom is 0.336 e. The Bertz CT molecular complexity index is 227. The van der Waals surface area contributed by atoms with E-state index in [0.717, 1.165) is 0 Å². The van der Waals surface area contributed by atoms with Gasteiger partial charge in [0.05, 0.1) is 6.34 Å². The van der Waals surface area contributed by atoms with Gasteiger partial charge >= 0.3 is 6.03 Å². The van der Waals surface area contributed by atoms with Crippen molar-refractivity contribution in [1.29, 1.82) is 5.41 Å². The number of nitrogens with one attached hydrogen (secondary N) is 2. The molecule has 1 fully saturated rings. The quantitative estimate of drug-likeness (QED) is 0.291. The molecule has 1 aliphatic heterocycles. The van der Waals surface area contributed by atoms with Crippen LogP contribution in [0, 0.1) is 5.41 Å². The number of barbiturate groups is 1. The molecular weight excluding hydrogens is 150 g/mol. The molecule has 0 spiro atoms. The molecule has 1 aliphatic rings. The van der Waals surface area contributed by atoms with Gasteiger partial charge in [0.2, 0.25) is 11.8 Å². The van der Waals surface area contributed by atoms with Gasteiger partial charge in [0.1, 0.15) is 6.42 Å². The summed E-state index contributed by atoms with van der Waals surface area (Å²) in [4.78, 5) is 32.4. The van der Waals surface area contributed by atoms with Gasteiger partial charge in [-0.3, -0.25) is 20.3 Å². The van der Waals surface area contributed by atoms with E-state index in [-0.39, 0.29) is 6.42 Å². The van der Waals surface area contributed by atoms with E-state index >= 15 is 0 Å². The zero-order valence-electron chi connectivity index (χ0n) is 5.46. The van der Waals surface area contributed by atoms with Crippen molar-refractivity contribution in [2.75, 3.05) is 0 Å². The first-order chi connectivity index (χ1) is 5.15. The first-order valence-electron chi connectivity index (χ1n) is 2.81. The first-order valence-corrected chi connectivity index (χ1v) is 2.81. The molecule has 1 heterocycles. The van der Waals surface area contributed by atoms with E-state index in [2.05, 4.69) is 0 Å². The Hall–Kier alpha value is -1.72. The summed E-state index contributed by atoms with van der Waals surface area (Å²) in [6.45, 7) is 0. The van der Waals surface area contributed by atoms with Crippen LogP contribution in [0.2, 0.25) is 0 Å². The molecule has 1 saturated heterocycles. The third-order valence-electron chi connectivity index (χ3n) is 1.17. The Labute approximate surface area is 61.7 Å². The molecule has 0 saturated carbocycles. The van der Waals surface area contributed by atoms with Crippen molar-refractivity contribution in [2.45, 2.75) is 6.42 Å². The molecule has 0 aliphatic carbocycles. The third-order valence-corrected chi connectivity index (χ3v) is 1.17. The normalized spacial score (nSPS) is 18.2. The van der Waals surface area contributed by atoms with E-state index in [1.807, 2.05) is 5.32 Å². The number of hydrogen-bond acceptors (Lipinski definition) is 4. The van der Waals surface area contributed by atoms with Gasteiger partial charge in [0.25, 0.3) is 0 Å². The van der Waals surface area contributed by atoms with E-state index < -0.39 is 17.8 Å². The number of hydrogen-bond donors (Lipinski definition) is 2. The van der Waals surface area contributed by atoms with Crippen molar-refractivity contribution in [2.24, 2.45) is 0 Å². The van der Waals surface area contributed by atoms with Crippen molar-refractivity contribution in [3.8, 4) is 0 Å². The third kappa shape index (κ3) is 1.23. The molecule has 1 rings (SSSR count). The molecule has 4 amide bonds. The van der Waals surface area contributed by atoms with E-state index in [1.54, 1.807) is 0 Å². The highest BCUT2D eigenvalue weighted by molar-refractivity contribution is 6.18. The second-order valence-electron chi connectivity index (χ2n) is 1.92. The minimum Gasteiger partial charge on any atom is -0.291 e. The predicted octanol–water partition coefficient (Wildman–Crippen LogP) is -0.938. The fourth-order valence-corrected chi connectivity index (χ4v) is 0.690. The maximum atomic E-state index is 10.7. The van der Waals surface area contributed by atoms with Gasteiger partial charge in [0, 0.05) is 0 Å². The fraction of sp³-hybridized carbons (Fsp3) is 0.200. The average Bonchev–Trinajstić information content (AvgIpc) is 1.85. The zero-order valence-corrected chi connectivity index (χ0v) is 5.46. The Morgan fingerprint density at radius 1 is 1.45 bits per heavy atom. The van der Waals surface area contributed by atoms with E-state index in [0.29, 0.717) is 11.2 Å². The molecule has 0 radical (unpaired) electrons. The Morgan fingerprint density at radius 2 is 2.09 bits per heavy atom. The molecule has 0 aromatic carbocycles. The largest absolute Gasteiger partial charge is 0.336 e. The molecule has 58 valence electrons. The lowest BCUT2D eigenvalue weighted by molar-refractivity contribution is -0.133. The maximum absolute atomic E-state index is 10.7. The fourth-order valence-electron chi connectivity index (χ4n) is 0.690. The van der Waals surface area contributed by atoms with Crippen molar-refractivity contribution in [3.05, 3.63) is 0 Å². The molecule has 0 atom stereocenters. The molecule has 0 aromatic rings. The van der Waals surface area contributed by atoms with Crippen LogP contribution < -0.4 is 5.32 Å². The second-order valence-corrected chi connectivity index (χ2v) is 1.92. The summed E-state index contributed by atoms with van der Waals surface area (Å²) in [6, 6.07) is -0.860. The zero-order chi connectivity index (χ0) is 8.43. The molecule has 6 heteroatoms. The number of urea groups is 1. The molecular formula is C5H5N3O3. The van der Waals surface area contributed by atoms with Gasteiger partial charge in [-0.25, -0.2) is 9.69 Å².